The number of rotatable bonds is 18. The molecular formula is C34H53NO4. The van der Waals surface area contributed by atoms with Gasteiger partial charge in [-0.15, -0.1) is 0 Å². The molecule has 2 aliphatic rings. The Morgan fingerprint density at radius 2 is 1.95 bits per heavy atom. The maximum Gasteiger partial charge on any atom is 0.303 e. The van der Waals surface area contributed by atoms with Crippen molar-refractivity contribution in [3.63, 3.8) is 0 Å². The number of anilines is 1. The van der Waals surface area contributed by atoms with E-state index in [1.54, 1.807) is 0 Å². The van der Waals surface area contributed by atoms with Crippen LogP contribution in [-0.4, -0.2) is 30.8 Å². The minimum atomic E-state index is -0.700. The average Bonchev–Trinajstić information content (AvgIpc) is 3.72. The standard InChI is InChI=1S/C34H53NO4/c1-6-10-25(24-39-29-13-8-11-28(21-29)31(23-33(36)37)26-14-15-26)18-20-35-32-22-30(38-7-2)17-16-27(32)12-9-19-34(3,4)5/h11,16-17,21-22,25-26,31,35H,6-10,12-15,18-20,23-24H2,1-5H3,(H,36,37). The van der Waals surface area contributed by atoms with Crippen LogP contribution in [0.4, 0.5) is 5.69 Å². The summed E-state index contributed by atoms with van der Waals surface area (Å²) in [6.07, 6.45) is 15.6. The zero-order valence-electron chi connectivity index (χ0n) is 25.2. The van der Waals surface area contributed by atoms with Crippen molar-refractivity contribution in [2.45, 2.75) is 105 Å². The fourth-order valence-corrected chi connectivity index (χ4v) is 5.67. The molecule has 0 radical (unpaired) electrons. The van der Waals surface area contributed by atoms with Gasteiger partial charge in [0.25, 0.3) is 0 Å². The van der Waals surface area contributed by atoms with E-state index in [1.807, 2.05) is 6.92 Å². The molecule has 0 bridgehead atoms. The van der Waals surface area contributed by atoms with Crippen molar-refractivity contribution >= 4 is 11.7 Å². The van der Waals surface area contributed by atoms with E-state index >= 15 is 0 Å². The third kappa shape index (κ3) is 11.3. The second-order valence-electron chi connectivity index (χ2n) is 12.7. The molecule has 1 fully saturated rings. The van der Waals surface area contributed by atoms with Gasteiger partial charge in [0, 0.05) is 24.7 Å². The van der Waals surface area contributed by atoms with Crippen LogP contribution >= 0.6 is 0 Å². The summed E-state index contributed by atoms with van der Waals surface area (Å²) < 4.78 is 12.2. The van der Waals surface area contributed by atoms with E-state index in [-0.39, 0.29) is 12.3 Å². The second-order valence-corrected chi connectivity index (χ2v) is 12.7. The maximum absolute atomic E-state index is 11.4. The molecule has 2 N–H and O–H groups in total. The van der Waals surface area contributed by atoms with Crippen molar-refractivity contribution in [2.24, 2.45) is 23.2 Å². The van der Waals surface area contributed by atoms with Gasteiger partial charge in [0.15, 0.2) is 0 Å². The number of aryl methyl sites for hydroxylation is 1. The minimum Gasteiger partial charge on any atom is -0.498 e. The first-order chi connectivity index (χ1) is 18.7. The number of nitrogens with one attached hydrogen (secondary N) is 1. The van der Waals surface area contributed by atoms with Crippen LogP contribution < -0.4 is 10.1 Å². The smallest absolute Gasteiger partial charge is 0.303 e. The van der Waals surface area contributed by atoms with Gasteiger partial charge in [-0.25, -0.2) is 0 Å². The molecule has 0 heterocycles. The van der Waals surface area contributed by atoms with Crippen molar-refractivity contribution in [3.8, 4) is 5.75 Å². The number of carbonyl (C=O) groups is 1. The van der Waals surface area contributed by atoms with Crippen LogP contribution in [0, 0.1) is 23.2 Å². The fraction of sp³-hybridized carbons (Fsp3) is 0.676. The number of carboxylic acid groups (broad SMARTS) is 1. The Morgan fingerprint density at radius 1 is 1.15 bits per heavy atom. The first-order valence-corrected chi connectivity index (χ1v) is 15.4. The molecule has 1 saturated carbocycles. The lowest BCUT2D eigenvalue weighted by Gasteiger charge is -2.24. The number of aliphatic carboxylic acids is 1. The van der Waals surface area contributed by atoms with E-state index in [0.717, 1.165) is 76.0 Å². The highest BCUT2D eigenvalue weighted by Gasteiger charge is 2.35. The lowest BCUT2D eigenvalue weighted by molar-refractivity contribution is -0.137. The maximum atomic E-state index is 11.4. The average molecular weight is 540 g/mol. The van der Waals surface area contributed by atoms with Crippen molar-refractivity contribution in [3.05, 3.63) is 47.2 Å². The minimum absolute atomic E-state index is 0.141. The van der Waals surface area contributed by atoms with E-state index in [4.69, 9.17) is 9.47 Å². The van der Waals surface area contributed by atoms with Crippen LogP contribution in [0.2, 0.25) is 0 Å². The summed E-state index contributed by atoms with van der Waals surface area (Å²) in [6.45, 7) is 13.5. The SMILES string of the molecule is CCCC(CCNc1cc(OCC)ccc1CCCC(C)(C)C)COC1=CC(C(CC(=O)O)C2CC2)=CCC1. The van der Waals surface area contributed by atoms with Gasteiger partial charge in [0.05, 0.1) is 25.4 Å². The molecule has 2 unspecified atom stereocenters. The molecule has 39 heavy (non-hydrogen) atoms. The van der Waals surface area contributed by atoms with Crippen molar-refractivity contribution in [1.29, 1.82) is 0 Å². The predicted octanol–water partition coefficient (Wildman–Crippen LogP) is 8.79. The molecule has 218 valence electrons. The predicted molar refractivity (Wildman–Crippen MR) is 161 cm³/mol. The molecule has 1 aromatic rings. The Kier molecular flexibility index (Phi) is 12.3. The molecular weight excluding hydrogens is 486 g/mol. The quantitative estimate of drug-likeness (QED) is 0.195. The molecule has 0 aliphatic heterocycles. The van der Waals surface area contributed by atoms with Gasteiger partial charge in [-0.3, -0.25) is 4.79 Å². The number of hydrogen-bond donors (Lipinski definition) is 2. The summed E-state index contributed by atoms with van der Waals surface area (Å²) in [7, 11) is 0. The van der Waals surface area contributed by atoms with Gasteiger partial charge in [-0.2, -0.15) is 0 Å². The number of allylic oxidation sites excluding steroid dienone is 4. The van der Waals surface area contributed by atoms with Gasteiger partial charge in [-0.05, 0) is 105 Å². The second kappa shape index (κ2) is 15.4. The summed E-state index contributed by atoms with van der Waals surface area (Å²) >= 11 is 0. The van der Waals surface area contributed by atoms with Gasteiger partial charge >= 0.3 is 5.97 Å². The third-order valence-corrected chi connectivity index (χ3v) is 7.95. The number of carboxylic acids is 1. The molecule has 2 atom stereocenters. The van der Waals surface area contributed by atoms with E-state index < -0.39 is 5.97 Å². The molecule has 3 rings (SSSR count). The number of benzene rings is 1. The normalized spacial score (nSPS) is 17.2. The van der Waals surface area contributed by atoms with E-state index in [2.05, 4.69) is 63.4 Å². The molecule has 1 aromatic carbocycles. The van der Waals surface area contributed by atoms with E-state index in [9.17, 15) is 9.90 Å². The summed E-state index contributed by atoms with van der Waals surface area (Å²) in [4.78, 5) is 11.4. The number of hydrogen-bond acceptors (Lipinski definition) is 4. The van der Waals surface area contributed by atoms with Crippen LogP contribution in [0.25, 0.3) is 0 Å². The lowest BCUT2D eigenvalue weighted by Crippen LogP contribution is -2.17. The number of ether oxygens (including phenoxy) is 2. The Hall–Kier alpha value is -2.43. The molecule has 5 nitrogen and oxygen atoms in total. The van der Waals surface area contributed by atoms with E-state index in [1.165, 1.54) is 29.7 Å². The molecule has 0 spiro atoms. The highest BCUT2D eigenvalue weighted by Crippen LogP contribution is 2.44. The van der Waals surface area contributed by atoms with Crippen LogP contribution in [-0.2, 0) is 16.0 Å². The highest BCUT2D eigenvalue weighted by atomic mass is 16.5. The first-order valence-electron chi connectivity index (χ1n) is 15.4. The van der Waals surface area contributed by atoms with Gasteiger partial charge in [0.2, 0.25) is 0 Å². The third-order valence-electron chi connectivity index (χ3n) is 7.95. The monoisotopic (exact) mass is 539 g/mol. The molecule has 0 saturated heterocycles. The first kappa shape index (κ1) is 31.1. The van der Waals surface area contributed by atoms with Crippen molar-refractivity contribution in [1.82, 2.24) is 0 Å². The van der Waals surface area contributed by atoms with E-state index in [0.29, 0.717) is 23.9 Å². The fourth-order valence-electron chi connectivity index (χ4n) is 5.67. The van der Waals surface area contributed by atoms with Crippen molar-refractivity contribution < 1.29 is 19.4 Å². The van der Waals surface area contributed by atoms with Gasteiger partial charge < -0.3 is 19.9 Å². The zero-order chi connectivity index (χ0) is 28.3. The summed E-state index contributed by atoms with van der Waals surface area (Å²) in [5.74, 6) is 2.41. The van der Waals surface area contributed by atoms with Crippen LogP contribution in [0.5, 0.6) is 5.75 Å². The molecule has 5 heteroatoms. The summed E-state index contributed by atoms with van der Waals surface area (Å²) in [5.41, 5.74) is 4.10. The Morgan fingerprint density at radius 3 is 2.62 bits per heavy atom. The largest absolute Gasteiger partial charge is 0.498 e. The van der Waals surface area contributed by atoms with Gasteiger partial charge in [0.1, 0.15) is 5.75 Å². The van der Waals surface area contributed by atoms with Gasteiger partial charge in [-0.1, -0.05) is 46.3 Å². The zero-order valence-corrected chi connectivity index (χ0v) is 25.2. The molecule has 2 aliphatic carbocycles. The molecule has 0 amide bonds. The highest BCUT2D eigenvalue weighted by molar-refractivity contribution is 5.68. The van der Waals surface area contributed by atoms with Crippen molar-refractivity contribution in [2.75, 3.05) is 25.1 Å². The Balaban J connectivity index is 1.55. The topological polar surface area (TPSA) is 67.8 Å². The Bertz CT molecular complexity index is 970. The summed E-state index contributed by atoms with van der Waals surface area (Å²) in [5, 5.41) is 13.1. The van der Waals surface area contributed by atoms with Crippen LogP contribution in [0.3, 0.4) is 0 Å². The lowest BCUT2D eigenvalue weighted by atomic mass is 9.87. The molecule has 0 aromatic heterocycles. The summed E-state index contributed by atoms with van der Waals surface area (Å²) in [6, 6.07) is 6.48. The Labute approximate surface area is 237 Å². The van der Waals surface area contributed by atoms with Crippen LogP contribution in [0.1, 0.15) is 104 Å². The van der Waals surface area contributed by atoms with Crippen LogP contribution in [0.15, 0.2) is 41.7 Å².